The summed E-state index contributed by atoms with van der Waals surface area (Å²) in [4.78, 5) is 5.20. The molecule has 2 heterocycles. The molecule has 45 heavy (non-hydrogen) atoms. The lowest BCUT2D eigenvalue weighted by atomic mass is 9.33. The Bertz CT molecular complexity index is 1940. The highest BCUT2D eigenvalue weighted by Crippen LogP contribution is 2.61. The lowest BCUT2D eigenvalue weighted by molar-refractivity contribution is -0.00514. The summed E-state index contributed by atoms with van der Waals surface area (Å²) in [5.41, 5.74) is 16.6. The first-order chi connectivity index (χ1) is 22.0. The van der Waals surface area contributed by atoms with Crippen LogP contribution in [0.3, 0.4) is 0 Å². The molecule has 0 saturated heterocycles. The van der Waals surface area contributed by atoms with Gasteiger partial charge in [0, 0.05) is 34.1 Å². The van der Waals surface area contributed by atoms with E-state index in [0.717, 1.165) is 17.8 Å². The van der Waals surface area contributed by atoms with Crippen molar-refractivity contribution in [1.29, 1.82) is 0 Å². The van der Waals surface area contributed by atoms with Crippen LogP contribution in [0.1, 0.15) is 55.2 Å². The van der Waals surface area contributed by atoms with Gasteiger partial charge in [0.25, 0.3) is 6.71 Å². The fourth-order valence-electron chi connectivity index (χ4n) is 10.9. The van der Waals surface area contributed by atoms with Crippen molar-refractivity contribution in [3.05, 3.63) is 126 Å². The molecule has 0 radical (unpaired) electrons. The summed E-state index contributed by atoms with van der Waals surface area (Å²) in [7, 11) is 0. The van der Waals surface area contributed by atoms with E-state index in [0.29, 0.717) is 5.41 Å². The minimum Gasteiger partial charge on any atom is -0.311 e. The second kappa shape index (κ2) is 9.39. The number of rotatable bonds is 3. The fraction of sp³-hybridized carbons (Fsp3) is 0.286. The zero-order chi connectivity index (χ0) is 29.9. The molecule has 0 spiro atoms. The molecule has 4 bridgehead atoms. The van der Waals surface area contributed by atoms with E-state index in [1.54, 1.807) is 5.56 Å². The van der Waals surface area contributed by atoms with Gasteiger partial charge in [-0.1, -0.05) is 60.7 Å². The molecule has 2 nitrogen and oxygen atoms in total. The summed E-state index contributed by atoms with van der Waals surface area (Å²) in [6, 6.07) is 41.9. The third-order valence-electron chi connectivity index (χ3n) is 12.0. The molecular formula is C42H39BN2. The van der Waals surface area contributed by atoms with E-state index < -0.39 is 0 Å². The van der Waals surface area contributed by atoms with Gasteiger partial charge in [0.1, 0.15) is 0 Å². The average molecular weight is 583 g/mol. The molecule has 220 valence electrons. The van der Waals surface area contributed by atoms with E-state index in [1.165, 1.54) is 100 Å². The van der Waals surface area contributed by atoms with E-state index in [9.17, 15) is 0 Å². The second-order valence-electron chi connectivity index (χ2n) is 15.0. The lowest BCUT2D eigenvalue weighted by Gasteiger charge is -2.57. The van der Waals surface area contributed by atoms with Gasteiger partial charge in [-0.2, -0.15) is 0 Å². The minimum atomic E-state index is 0.190. The first kappa shape index (κ1) is 26.0. The predicted octanol–water partition coefficient (Wildman–Crippen LogP) is 8.85. The maximum absolute atomic E-state index is 2.67. The van der Waals surface area contributed by atoms with Gasteiger partial charge >= 0.3 is 0 Å². The van der Waals surface area contributed by atoms with Gasteiger partial charge in [0.05, 0.1) is 0 Å². The molecule has 5 aromatic rings. The van der Waals surface area contributed by atoms with Gasteiger partial charge in [-0.05, 0) is 157 Å². The summed E-state index contributed by atoms with van der Waals surface area (Å²) in [6.45, 7) is 4.67. The van der Waals surface area contributed by atoms with Crippen LogP contribution >= 0.6 is 0 Å². The summed E-state index contributed by atoms with van der Waals surface area (Å²) in [6.07, 6.45) is 8.48. The van der Waals surface area contributed by atoms with E-state index in [2.05, 4.69) is 133 Å². The fourth-order valence-corrected chi connectivity index (χ4v) is 10.9. The number of benzene rings is 5. The molecule has 0 aromatic heterocycles. The Morgan fingerprint density at radius 1 is 0.533 bits per heavy atom. The third kappa shape index (κ3) is 3.76. The van der Waals surface area contributed by atoms with Gasteiger partial charge in [-0.15, -0.1) is 0 Å². The van der Waals surface area contributed by atoms with Crippen molar-refractivity contribution in [2.45, 2.75) is 57.8 Å². The van der Waals surface area contributed by atoms with Crippen LogP contribution in [-0.2, 0) is 5.41 Å². The van der Waals surface area contributed by atoms with Crippen molar-refractivity contribution in [1.82, 2.24) is 0 Å². The number of anilines is 6. The molecule has 4 aliphatic carbocycles. The minimum absolute atomic E-state index is 0.190. The van der Waals surface area contributed by atoms with Crippen molar-refractivity contribution < 1.29 is 0 Å². The van der Waals surface area contributed by atoms with E-state index in [1.807, 2.05) is 0 Å². The highest BCUT2D eigenvalue weighted by molar-refractivity contribution is 7.00. The molecule has 4 fully saturated rings. The number of hydrogen-bond acceptors (Lipinski definition) is 2. The van der Waals surface area contributed by atoms with Crippen LogP contribution in [0.4, 0.5) is 34.1 Å². The Morgan fingerprint density at radius 3 is 1.58 bits per heavy atom. The summed E-state index contributed by atoms with van der Waals surface area (Å²) >= 11 is 0. The lowest BCUT2D eigenvalue weighted by Crippen LogP contribution is -2.61. The van der Waals surface area contributed by atoms with E-state index >= 15 is 0 Å². The van der Waals surface area contributed by atoms with Gasteiger partial charge in [-0.3, -0.25) is 0 Å². The van der Waals surface area contributed by atoms with Crippen LogP contribution in [0, 0.1) is 31.6 Å². The van der Waals surface area contributed by atoms with Crippen LogP contribution in [0.2, 0.25) is 0 Å². The number of fused-ring (bicyclic) bond motifs is 4. The predicted molar refractivity (Wildman–Crippen MR) is 190 cm³/mol. The standard InChI is InChI=1S/C42H39BN2/c1-27-16-28(2)18-34(17-27)45-38-15-9-7-13-36(38)43-35-12-6-8-14-37(35)44(33-10-4-3-5-11-33)39-22-32(23-40(45)41(39)43)42-24-29-19-30(25-42)21-31(20-29)26-42/h3-18,22-23,29-31H,19-21,24-26H2,1-2H3. The number of aryl methyl sites for hydroxylation is 2. The zero-order valence-corrected chi connectivity index (χ0v) is 26.3. The molecule has 6 aliphatic rings. The summed E-state index contributed by atoms with van der Waals surface area (Å²) in [5, 5.41) is 0. The summed E-state index contributed by atoms with van der Waals surface area (Å²) < 4.78 is 0. The maximum atomic E-state index is 2.67. The molecule has 5 aromatic carbocycles. The van der Waals surface area contributed by atoms with E-state index in [-0.39, 0.29) is 6.71 Å². The Hall–Kier alpha value is -4.24. The molecule has 0 unspecified atom stereocenters. The van der Waals surface area contributed by atoms with Crippen molar-refractivity contribution >= 4 is 57.2 Å². The van der Waals surface area contributed by atoms with Crippen molar-refractivity contribution in [3.8, 4) is 0 Å². The van der Waals surface area contributed by atoms with Crippen LogP contribution in [0.25, 0.3) is 0 Å². The SMILES string of the molecule is Cc1cc(C)cc(N2c3ccccc3B3c4ccccc4N(c4ccccc4)c4cc(C56CC7CC(CC(C7)C5)C6)cc2c43)c1. The largest absolute Gasteiger partial charge is 0.311 e. The topological polar surface area (TPSA) is 6.48 Å². The highest BCUT2D eigenvalue weighted by Gasteiger charge is 2.53. The third-order valence-corrected chi connectivity index (χ3v) is 12.0. The van der Waals surface area contributed by atoms with E-state index in [4.69, 9.17) is 0 Å². The van der Waals surface area contributed by atoms with Crippen molar-refractivity contribution in [3.63, 3.8) is 0 Å². The van der Waals surface area contributed by atoms with Gasteiger partial charge in [-0.25, -0.2) is 0 Å². The summed E-state index contributed by atoms with van der Waals surface area (Å²) in [5.74, 6) is 2.70. The Kier molecular flexibility index (Phi) is 5.43. The number of nitrogens with zero attached hydrogens (tertiary/aromatic N) is 2. The Balaban J connectivity index is 1.31. The maximum Gasteiger partial charge on any atom is 0.252 e. The first-order valence-electron chi connectivity index (χ1n) is 17.1. The average Bonchev–Trinajstić information content (AvgIpc) is 3.03. The van der Waals surface area contributed by atoms with Crippen LogP contribution in [0.5, 0.6) is 0 Å². The normalized spacial score (nSPS) is 25.2. The quantitative estimate of drug-likeness (QED) is 0.192. The molecule has 0 amide bonds. The highest BCUT2D eigenvalue weighted by atomic mass is 15.2. The van der Waals surface area contributed by atoms with Crippen molar-refractivity contribution in [2.24, 2.45) is 17.8 Å². The monoisotopic (exact) mass is 582 g/mol. The Morgan fingerprint density at radius 2 is 1.02 bits per heavy atom. The molecule has 11 rings (SSSR count). The first-order valence-corrected chi connectivity index (χ1v) is 17.1. The molecular weight excluding hydrogens is 543 g/mol. The van der Waals surface area contributed by atoms with Gasteiger partial charge < -0.3 is 9.80 Å². The second-order valence-corrected chi connectivity index (χ2v) is 15.0. The molecule has 3 heteroatoms. The Labute approximate surface area is 267 Å². The van der Waals surface area contributed by atoms with Crippen molar-refractivity contribution in [2.75, 3.05) is 9.80 Å². The number of hydrogen-bond donors (Lipinski definition) is 0. The molecule has 0 N–H and O–H groups in total. The van der Waals surface area contributed by atoms with Gasteiger partial charge in [0.2, 0.25) is 0 Å². The van der Waals surface area contributed by atoms with Crippen LogP contribution < -0.4 is 26.2 Å². The molecule has 2 aliphatic heterocycles. The van der Waals surface area contributed by atoms with Crippen LogP contribution in [0.15, 0.2) is 109 Å². The smallest absolute Gasteiger partial charge is 0.252 e. The van der Waals surface area contributed by atoms with Gasteiger partial charge in [0.15, 0.2) is 0 Å². The molecule has 0 atom stereocenters. The molecule has 4 saturated carbocycles. The zero-order valence-electron chi connectivity index (χ0n) is 26.3. The van der Waals surface area contributed by atoms with Crippen LogP contribution in [-0.4, -0.2) is 6.71 Å². The number of para-hydroxylation sites is 3.